The van der Waals surface area contributed by atoms with Gasteiger partial charge < -0.3 is 5.11 Å². The second-order valence-electron chi connectivity index (χ2n) is 4.13. The number of aromatic carboxylic acids is 1. The van der Waals surface area contributed by atoms with Gasteiger partial charge in [0.1, 0.15) is 5.82 Å². The van der Waals surface area contributed by atoms with Gasteiger partial charge in [0, 0.05) is 23.7 Å². The predicted octanol–water partition coefficient (Wildman–Crippen LogP) is 1.20. The molecule has 92 valence electrons. The molecule has 0 amide bonds. The summed E-state index contributed by atoms with van der Waals surface area (Å²) in [4.78, 5) is 21.6. The van der Waals surface area contributed by atoms with E-state index in [4.69, 9.17) is 5.11 Å². The minimum Gasteiger partial charge on any atom is -0.477 e. The van der Waals surface area contributed by atoms with Crippen molar-refractivity contribution in [2.24, 2.45) is 0 Å². The minimum atomic E-state index is -0.997. The van der Waals surface area contributed by atoms with Crippen molar-refractivity contribution in [3.05, 3.63) is 23.3 Å². The van der Waals surface area contributed by atoms with Gasteiger partial charge in [0.25, 0.3) is 0 Å². The summed E-state index contributed by atoms with van der Waals surface area (Å²) in [5, 5.41) is 8.99. The molecule has 1 fully saturated rings. The quantitative estimate of drug-likeness (QED) is 0.854. The highest BCUT2D eigenvalue weighted by molar-refractivity contribution is 7.99. The second-order valence-corrected chi connectivity index (χ2v) is 5.28. The van der Waals surface area contributed by atoms with Crippen molar-refractivity contribution in [2.75, 3.05) is 25.1 Å². The molecule has 1 aliphatic heterocycles. The van der Waals surface area contributed by atoms with Crippen LogP contribution in [-0.2, 0) is 0 Å². The summed E-state index contributed by atoms with van der Waals surface area (Å²) in [6.45, 7) is 2.78. The Morgan fingerprint density at radius 2 is 2.35 bits per heavy atom. The highest BCUT2D eigenvalue weighted by atomic mass is 32.2. The highest BCUT2D eigenvalue weighted by Gasteiger charge is 2.24. The summed E-state index contributed by atoms with van der Waals surface area (Å²) in [7, 11) is 2.02. The number of carboxylic acids is 1. The van der Waals surface area contributed by atoms with Gasteiger partial charge in [0.15, 0.2) is 5.69 Å². The van der Waals surface area contributed by atoms with Crippen LogP contribution >= 0.6 is 11.8 Å². The highest BCUT2D eigenvalue weighted by Crippen LogP contribution is 2.26. The molecular formula is C11H15N3O2S. The fourth-order valence-electron chi connectivity index (χ4n) is 1.81. The van der Waals surface area contributed by atoms with Crippen LogP contribution < -0.4 is 0 Å². The molecule has 0 aromatic carbocycles. The SMILES string of the molecule is Cc1cc(C(=O)O)nc(C2CSCCN2C)n1. The van der Waals surface area contributed by atoms with Crippen LogP contribution in [0.1, 0.15) is 28.0 Å². The zero-order valence-corrected chi connectivity index (χ0v) is 10.7. The number of thioether (sulfide) groups is 1. The maximum absolute atomic E-state index is 11.0. The topological polar surface area (TPSA) is 66.3 Å². The maximum Gasteiger partial charge on any atom is 0.354 e. The fraction of sp³-hybridized carbons (Fsp3) is 0.545. The summed E-state index contributed by atoms with van der Waals surface area (Å²) in [6.07, 6.45) is 0. The van der Waals surface area contributed by atoms with Crippen molar-refractivity contribution < 1.29 is 9.90 Å². The molecule has 2 heterocycles. The number of aryl methyl sites for hydroxylation is 1. The molecule has 1 unspecified atom stereocenters. The number of rotatable bonds is 2. The minimum absolute atomic E-state index is 0.0801. The van der Waals surface area contributed by atoms with Gasteiger partial charge >= 0.3 is 5.97 Å². The van der Waals surface area contributed by atoms with Gasteiger partial charge in [-0.2, -0.15) is 11.8 Å². The van der Waals surface area contributed by atoms with E-state index in [1.54, 1.807) is 6.92 Å². The van der Waals surface area contributed by atoms with Gasteiger partial charge in [-0.25, -0.2) is 14.8 Å². The molecule has 1 saturated heterocycles. The van der Waals surface area contributed by atoms with Gasteiger partial charge in [-0.1, -0.05) is 0 Å². The number of carbonyl (C=O) groups is 1. The number of hydrogen-bond donors (Lipinski definition) is 1. The molecule has 0 spiro atoms. The monoisotopic (exact) mass is 253 g/mol. The van der Waals surface area contributed by atoms with Crippen LogP contribution in [0.5, 0.6) is 0 Å². The van der Waals surface area contributed by atoms with E-state index >= 15 is 0 Å². The van der Waals surface area contributed by atoms with Gasteiger partial charge in [0.05, 0.1) is 6.04 Å². The number of aromatic nitrogens is 2. The number of nitrogens with zero attached hydrogens (tertiary/aromatic N) is 3. The number of hydrogen-bond acceptors (Lipinski definition) is 5. The Balaban J connectivity index is 2.33. The second kappa shape index (κ2) is 5.01. The Labute approximate surface area is 104 Å². The summed E-state index contributed by atoms with van der Waals surface area (Å²) < 4.78 is 0. The van der Waals surface area contributed by atoms with Crippen LogP contribution in [0.4, 0.5) is 0 Å². The third kappa shape index (κ3) is 2.76. The molecule has 2 rings (SSSR count). The average Bonchev–Trinajstić information content (AvgIpc) is 2.28. The molecule has 6 heteroatoms. The lowest BCUT2D eigenvalue weighted by Gasteiger charge is -2.30. The molecule has 5 nitrogen and oxygen atoms in total. The van der Waals surface area contributed by atoms with Crippen LogP contribution in [0.3, 0.4) is 0 Å². The Morgan fingerprint density at radius 3 is 3.00 bits per heavy atom. The van der Waals surface area contributed by atoms with E-state index < -0.39 is 5.97 Å². The molecule has 1 aromatic rings. The van der Waals surface area contributed by atoms with Crippen molar-refractivity contribution in [3.8, 4) is 0 Å². The molecule has 1 aromatic heterocycles. The Bertz CT molecular complexity index is 439. The Hall–Kier alpha value is -1.14. The van der Waals surface area contributed by atoms with E-state index in [2.05, 4.69) is 14.9 Å². The van der Waals surface area contributed by atoms with E-state index in [9.17, 15) is 4.79 Å². The predicted molar refractivity (Wildman–Crippen MR) is 66.4 cm³/mol. The van der Waals surface area contributed by atoms with Gasteiger partial charge in [-0.15, -0.1) is 0 Å². The first-order chi connectivity index (χ1) is 8.08. The van der Waals surface area contributed by atoms with Gasteiger partial charge in [-0.05, 0) is 20.0 Å². The molecule has 0 bridgehead atoms. The molecule has 1 N–H and O–H groups in total. The first-order valence-corrected chi connectivity index (χ1v) is 6.60. The normalized spacial score (nSPS) is 21.4. The third-order valence-corrected chi connectivity index (χ3v) is 3.81. The van der Waals surface area contributed by atoms with Crippen LogP contribution in [0.2, 0.25) is 0 Å². The van der Waals surface area contributed by atoms with Crippen molar-refractivity contribution in [3.63, 3.8) is 0 Å². The first-order valence-electron chi connectivity index (χ1n) is 5.45. The number of carboxylic acid groups (broad SMARTS) is 1. The fourth-order valence-corrected chi connectivity index (χ4v) is 3.02. The smallest absolute Gasteiger partial charge is 0.354 e. The van der Waals surface area contributed by atoms with E-state index in [0.29, 0.717) is 11.5 Å². The third-order valence-electron chi connectivity index (χ3n) is 2.78. The average molecular weight is 253 g/mol. The molecule has 0 aliphatic carbocycles. The lowest BCUT2D eigenvalue weighted by atomic mass is 10.2. The zero-order valence-electron chi connectivity index (χ0n) is 9.88. The van der Waals surface area contributed by atoms with Crippen molar-refractivity contribution in [1.29, 1.82) is 0 Å². The van der Waals surface area contributed by atoms with Crippen LogP contribution in [0, 0.1) is 6.92 Å². The Morgan fingerprint density at radius 1 is 1.59 bits per heavy atom. The molecular weight excluding hydrogens is 238 g/mol. The van der Waals surface area contributed by atoms with Crippen LogP contribution in [-0.4, -0.2) is 51.0 Å². The molecule has 1 atom stereocenters. The Kier molecular flexibility index (Phi) is 3.63. The van der Waals surface area contributed by atoms with E-state index in [1.165, 1.54) is 6.07 Å². The molecule has 0 saturated carbocycles. The largest absolute Gasteiger partial charge is 0.477 e. The van der Waals surface area contributed by atoms with E-state index in [-0.39, 0.29) is 11.7 Å². The molecule has 1 aliphatic rings. The lowest BCUT2D eigenvalue weighted by molar-refractivity contribution is 0.0689. The van der Waals surface area contributed by atoms with Crippen LogP contribution in [0.15, 0.2) is 6.07 Å². The summed E-state index contributed by atoms with van der Waals surface area (Å²) in [5.74, 6) is 1.64. The van der Waals surface area contributed by atoms with E-state index in [1.807, 2.05) is 18.8 Å². The van der Waals surface area contributed by atoms with Crippen molar-refractivity contribution in [2.45, 2.75) is 13.0 Å². The summed E-state index contributed by atoms with van der Waals surface area (Å²) in [6, 6.07) is 1.62. The van der Waals surface area contributed by atoms with Crippen LogP contribution in [0.25, 0.3) is 0 Å². The molecule has 17 heavy (non-hydrogen) atoms. The zero-order chi connectivity index (χ0) is 12.4. The van der Waals surface area contributed by atoms with E-state index in [0.717, 1.165) is 18.1 Å². The summed E-state index contributed by atoms with van der Waals surface area (Å²) in [5.41, 5.74) is 0.785. The summed E-state index contributed by atoms with van der Waals surface area (Å²) >= 11 is 1.85. The van der Waals surface area contributed by atoms with Gasteiger partial charge in [-0.3, -0.25) is 4.90 Å². The van der Waals surface area contributed by atoms with Crippen molar-refractivity contribution >= 4 is 17.7 Å². The standard InChI is InChI=1S/C11H15N3O2S/c1-7-5-8(11(15)16)13-10(12-7)9-6-17-4-3-14(9)2/h5,9H,3-4,6H2,1-2H3,(H,15,16). The van der Waals surface area contributed by atoms with Crippen molar-refractivity contribution in [1.82, 2.24) is 14.9 Å². The lowest BCUT2D eigenvalue weighted by Crippen LogP contribution is -2.34. The first kappa shape index (κ1) is 12.3. The van der Waals surface area contributed by atoms with Gasteiger partial charge in [0.2, 0.25) is 0 Å². The maximum atomic E-state index is 11.0. The molecule has 0 radical (unpaired) electrons.